The molecule has 15 heavy (non-hydrogen) atoms. The molecule has 0 aliphatic carbocycles. The van der Waals surface area contributed by atoms with E-state index < -0.39 is 22.0 Å². The molecule has 1 unspecified atom stereocenters. The van der Waals surface area contributed by atoms with Crippen LogP contribution < -0.4 is 10.9 Å². The van der Waals surface area contributed by atoms with Crippen molar-refractivity contribution in [3.05, 3.63) is 0 Å². The summed E-state index contributed by atoms with van der Waals surface area (Å²) in [6, 6.07) is -0.566. The number of hydrogen-bond donors (Lipinski definition) is 2. The van der Waals surface area contributed by atoms with E-state index >= 15 is 0 Å². The standard InChI is InChI=1S/C8H19N3O3S/c1-3-5-11(2)7(8(9)12)4-6-15(10,13)14/h7H,3-6H2,1-2H3,(H2,9,12)(H2,10,13,14). The zero-order valence-electron chi connectivity index (χ0n) is 9.14. The molecule has 90 valence electrons. The number of hydrogen-bond acceptors (Lipinski definition) is 4. The minimum Gasteiger partial charge on any atom is -0.368 e. The Labute approximate surface area is 90.7 Å². The number of nitrogens with two attached hydrogens (primary N) is 2. The number of nitrogens with zero attached hydrogens (tertiary/aromatic N) is 1. The quantitative estimate of drug-likeness (QED) is 0.583. The maximum absolute atomic E-state index is 11.1. The third kappa shape index (κ3) is 6.43. The van der Waals surface area contributed by atoms with Crippen LogP contribution >= 0.6 is 0 Å². The van der Waals surface area contributed by atoms with Gasteiger partial charge in [0.1, 0.15) is 0 Å². The molecule has 0 rings (SSSR count). The Kier molecular flexibility index (Phi) is 5.77. The first kappa shape index (κ1) is 14.3. The predicted octanol–water partition coefficient (Wildman–Crippen LogP) is -1.14. The molecule has 0 aliphatic heterocycles. The van der Waals surface area contributed by atoms with Gasteiger partial charge in [-0.2, -0.15) is 0 Å². The zero-order chi connectivity index (χ0) is 12.1. The predicted molar refractivity (Wildman–Crippen MR) is 58.5 cm³/mol. The van der Waals surface area contributed by atoms with Crippen LogP contribution in [0.4, 0.5) is 0 Å². The molecule has 0 aromatic heterocycles. The highest BCUT2D eigenvalue weighted by molar-refractivity contribution is 7.89. The van der Waals surface area contributed by atoms with Gasteiger partial charge in [0.2, 0.25) is 15.9 Å². The number of likely N-dealkylation sites (N-methyl/N-ethyl adjacent to an activating group) is 1. The summed E-state index contributed by atoms with van der Waals surface area (Å²) in [5, 5.41) is 4.86. The lowest BCUT2D eigenvalue weighted by atomic mass is 10.2. The maximum Gasteiger partial charge on any atom is 0.234 e. The minimum absolute atomic E-state index is 0.144. The molecule has 7 heteroatoms. The highest BCUT2D eigenvalue weighted by atomic mass is 32.2. The van der Waals surface area contributed by atoms with Crippen molar-refractivity contribution in [2.24, 2.45) is 10.9 Å². The van der Waals surface area contributed by atoms with Crippen molar-refractivity contribution in [2.45, 2.75) is 25.8 Å². The molecular weight excluding hydrogens is 218 g/mol. The van der Waals surface area contributed by atoms with Gasteiger partial charge in [0.15, 0.2) is 0 Å². The van der Waals surface area contributed by atoms with E-state index in [4.69, 9.17) is 10.9 Å². The van der Waals surface area contributed by atoms with E-state index in [0.717, 1.165) is 6.42 Å². The van der Waals surface area contributed by atoms with Crippen molar-refractivity contribution in [1.29, 1.82) is 0 Å². The number of carbonyl (C=O) groups is 1. The summed E-state index contributed by atoms with van der Waals surface area (Å²) < 4.78 is 21.5. The maximum atomic E-state index is 11.1. The fourth-order valence-electron chi connectivity index (χ4n) is 1.36. The van der Waals surface area contributed by atoms with Gasteiger partial charge in [0, 0.05) is 0 Å². The number of rotatable bonds is 7. The highest BCUT2D eigenvalue weighted by Crippen LogP contribution is 2.03. The fraction of sp³-hybridized carbons (Fsp3) is 0.875. The lowest BCUT2D eigenvalue weighted by Gasteiger charge is -2.24. The van der Waals surface area contributed by atoms with Crippen molar-refractivity contribution >= 4 is 15.9 Å². The van der Waals surface area contributed by atoms with Crippen molar-refractivity contribution in [3.63, 3.8) is 0 Å². The largest absolute Gasteiger partial charge is 0.368 e. The van der Waals surface area contributed by atoms with Gasteiger partial charge in [-0.1, -0.05) is 6.92 Å². The van der Waals surface area contributed by atoms with E-state index in [1.807, 2.05) is 6.92 Å². The van der Waals surface area contributed by atoms with Crippen LogP contribution in [0.25, 0.3) is 0 Å². The lowest BCUT2D eigenvalue weighted by Crippen LogP contribution is -2.44. The Bertz CT molecular complexity index is 302. The first-order chi connectivity index (χ1) is 6.78. The lowest BCUT2D eigenvalue weighted by molar-refractivity contribution is -0.122. The molecule has 0 aromatic carbocycles. The Morgan fingerprint density at radius 3 is 2.33 bits per heavy atom. The van der Waals surface area contributed by atoms with Gasteiger partial charge in [-0.15, -0.1) is 0 Å². The second-order valence-corrected chi connectivity index (χ2v) is 5.29. The van der Waals surface area contributed by atoms with Crippen LogP contribution in [0.5, 0.6) is 0 Å². The topological polar surface area (TPSA) is 106 Å². The molecule has 0 bridgehead atoms. The summed E-state index contributed by atoms with van der Waals surface area (Å²) in [5.41, 5.74) is 5.18. The van der Waals surface area contributed by atoms with Crippen LogP contribution in [0.3, 0.4) is 0 Å². The van der Waals surface area contributed by atoms with Crippen LogP contribution in [-0.4, -0.2) is 44.6 Å². The Balaban J connectivity index is 4.35. The minimum atomic E-state index is -3.54. The molecular formula is C8H19N3O3S. The van der Waals surface area contributed by atoms with E-state index in [1.165, 1.54) is 0 Å². The molecule has 0 heterocycles. The molecule has 0 fully saturated rings. The molecule has 0 spiro atoms. The number of sulfonamides is 1. The molecule has 0 aromatic rings. The SMILES string of the molecule is CCCN(C)C(CCS(N)(=O)=O)C(N)=O. The first-order valence-electron chi connectivity index (χ1n) is 4.78. The summed E-state index contributed by atoms with van der Waals surface area (Å²) in [6.07, 6.45) is 1.01. The van der Waals surface area contributed by atoms with Crippen LogP contribution in [0.15, 0.2) is 0 Å². The number of primary sulfonamides is 1. The van der Waals surface area contributed by atoms with Crippen molar-refractivity contribution in [3.8, 4) is 0 Å². The third-order valence-corrected chi connectivity index (χ3v) is 2.92. The number of amides is 1. The van der Waals surface area contributed by atoms with Gasteiger partial charge in [0.25, 0.3) is 0 Å². The van der Waals surface area contributed by atoms with Crippen molar-refractivity contribution in [1.82, 2.24) is 4.90 Å². The molecule has 0 aliphatic rings. The van der Waals surface area contributed by atoms with Gasteiger partial charge in [0.05, 0.1) is 11.8 Å². The first-order valence-corrected chi connectivity index (χ1v) is 6.49. The van der Waals surface area contributed by atoms with Crippen LogP contribution in [0.2, 0.25) is 0 Å². The summed E-state index contributed by atoms with van der Waals surface area (Å²) in [5.74, 6) is -0.746. The molecule has 0 saturated heterocycles. The number of carbonyl (C=O) groups excluding carboxylic acids is 1. The summed E-state index contributed by atoms with van der Waals surface area (Å²) in [4.78, 5) is 12.8. The fourth-order valence-corrected chi connectivity index (χ4v) is 1.92. The van der Waals surface area contributed by atoms with E-state index in [9.17, 15) is 13.2 Å². The average Bonchev–Trinajstić information content (AvgIpc) is 2.01. The molecule has 0 radical (unpaired) electrons. The molecule has 4 N–H and O–H groups in total. The van der Waals surface area contributed by atoms with Crippen molar-refractivity contribution < 1.29 is 13.2 Å². The Morgan fingerprint density at radius 2 is 2.00 bits per heavy atom. The average molecular weight is 237 g/mol. The number of primary amides is 1. The molecule has 1 amide bonds. The van der Waals surface area contributed by atoms with Gasteiger partial charge in [-0.25, -0.2) is 13.6 Å². The van der Waals surface area contributed by atoms with Crippen LogP contribution in [-0.2, 0) is 14.8 Å². The third-order valence-electron chi connectivity index (χ3n) is 2.11. The van der Waals surface area contributed by atoms with Crippen LogP contribution in [0.1, 0.15) is 19.8 Å². The van der Waals surface area contributed by atoms with Crippen molar-refractivity contribution in [2.75, 3.05) is 19.3 Å². The normalized spacial score (nSPS) is 14.1. The van der Waals surface area contributed by atoms with E-state index in [0.29, 0.717) is 6.54 Å². The van der Waals surface area contributed by atoms with E-state index in [2.05, 4.69) is 0 Å². The zero-order valence-corrected chi connectivity index (χ0v) is 9.96. The van der Waals surface area contributed by atoms with Gasteiger partial charge in [-0.3, -0.25) is 9.69 Å². The second-order valence-electron chi connectivity index (χ2n) is 3.55. The highest BCUT2D eigenvalue weighted by Gasteiger charge is 2.21. The molecule has 1 atom stereocenters. The Hall–Kier alpha value is -0.660. The van der Waals surface area contributed by atoms with E-state index in [-0.39, 0.29) is 12.2 Å². The summed E-state index contributed by atoms with van der Waals surface area (Å²) in [7, 11) is -1.80. The Morgan fingerprint density at radius 1 is 1.47 bits per heavy atom. The monoisotopic (exact) mass is 237 g/mol. The molecule has 6 nitrogen and oxygen atoms in total. The van der Waals surface area contributed by atoms with Gasteiger partial charge in [-0.05, 0) is 26.4 Å². The molecule has 0 saturated carbocycles. The summed E-state index contributed by atoms with van der Waals surface area (Å²) in [6.45, 7) is 2.66. The summed E-state index contributed by atoms with van der Waals surface area (Å²) >= 11 is 0. The van der Waals surface area contributed by atoms with E-state index in [1.54, 1.807) is 11.9 Å². The van der Waals surface area contributed by atoms with Crippen LogP contribution in [0, 0.1) is 0 Å². The second kappa shape index (κ2) is 6.04. The van der Waals surface area contributed by atoms with Gasteiger partial charge >= 0.3 is 0 Å². The van der Waals surface area contributed by atoms with Gasteiger partial charge < -0.3 is 5.73 Å². The smallest absolute Gasteiger partial charge is 0.234 e.